The van der Waals surface area contributed by atoms with Gasteiger partial charge in [-0.3, -0.25) is 53.2 Å². The summed E-state index contributed by atoms with van der Waals surface area (Å²) in [4.78, 5) is 80.8. The van der Waals surface area contributed by atoms with Gasteiger partial charge in [-0.25, -0.2) is 58.6 Å². The van der Waals surface area contributed by atoms with E-state index in [0.717, 1.165) is 125 Å². The van der Waals surface area contributed by atoms with Gasteiger partial charge in [-0.2, -0.15) is 26.3 Å². The van der Waals surface area contributed by atoms with Crippen LogP contribution in [-0.2, 0) is 43.5 Å². The van der Waals surface area contributed by atoms with E-state index in [-0.39, 0.29) is 100 Å². The molecule has 25 nitrogen and oxygen atoms in total. The monoisotopic (exact) mass is 1820 g/mol. The Hall–Kier alpha value is -10.7. The molecule has 1 saturated heterocycles. The summed E-state index contributed by atoms with van der Waals surface area (Å²) in [5.41, 5.74) is 9.09. The Bertz CT molecular complexity index is 5930. The maximum absolute atomic E-state index is 13.4. The number of ether oxygens (including phenoxy) is 2. The van der Waals surface area contributed by atoms with Crippen LogP contribution in [-0.4, -0.2) is 127 Å². The highest BCUT2D eigenvalue weighted by Crippen LogP contribution is 2.42. The number of fused-ring (bicyclic) bond motifs is 5. The number of hydrogen-bond donors (Lipinski definition) is 5. The second kappa shape index (κ2) is 39.9. The standard InChI is InChI=1S/C21H22ClFN4O2.C19H20ClFN4.C18H23F3N4O2.C17H21F3N4O.C16H23ClN4/c1-21(2)11-3-4-15(29-21)12-18(28)26-20-24-16-9-10-17(22)25-19(16)27(20)14-7-5-13(23)6-8-14;1-12(11-19(2,3)4)22-18-23-15-9-10-16(20)24-17(15)25(18)14-7-5-13(21)6-8-14;1-17(2,3)27-9-8-14(26)24-16-23-13-7-6-12(11-4-5-11)22-15(13)25(16)10-18(19,20)21;1-16(2,3)8-13(25)23-15-22-12-7-6-11(10-4-5-10)21-14(12)24(15)9-17(18,19)20;1-6-9-21-14-12(7-8-13(17)20-14)19-15(21)18-11(2)10-16(3,4)5/h5-10,15H,3-4,11-12H2,1-2H3,(H,24,26,28);5-10H,1,11H2,2-4H3,(H,22,23);6-7,11H,4-5,8-10H2,1-3H3,(H,23,24,26);6-7,10H,4-5,8-9H2,1-3H3,(H,22,23,25);7-8H,2,6,9-10H2,1,3-5H3,(H,18,19)/t15-;;;;/m1..../s1. The van der Waals surface area contributed by atoms with Gasteiger partial charge in [-0.1, -0.05) is 117 Å². The van der Waals surface area contributed by atoms with Gasteiger partial charge in [0.15, 0.2) is 28.2 Å². The van der Waals surface area contributed by atoms with Crippen molar-refractivity contribution in [3.05, 3.63) is 172 Å². The fraction of sp³-hybridized carbons (Fsp3) is 0.462. The molecule has 12 aromatic rings. The van der Waals surface area contributed by atoms with Crippen molar-refractivity contribution in [1.82, 2.24) is 72.7 Å². The molecule has 0 unspecified atom stereocenters. The number of hydrogen-bond acceptors (Lipinski definition) is 17. The number of benzene rings is 2. The summed E-state index contributed by atoms with van der Waals surface area (Å²) in [6.45, 7) is 37.2. The summed E-state index contributed by atoms with van der Waals surface area (Å²) >= 11 is 18.1. The summed E-state index contributed by atoms with van der Waals surface area (Å²) in [6, 6.07) is 29.5. The zero-order chi connectivity index (χ0) is 92.6. The van der Waals surface area contributed by atoms with Crippen molar-refractivity contribution < 1.29 is 59.0 Å². The molecular formula is C91H109Cl3F8N20O5. The molecule has 10 aromatic heterocycles. The first-order valence-corrected chi connectivity index (χ1v) is 43.1. The summed E-state index contributed by atoms with van der Waals surface area (Å²) in [7, 11) is 0. The number of carbonyl (C=O) groups excluding carboxylic acids is 3. The SMILES string of the molecule is C=C(CC(C)(C)C)Nc1nc2ccc(Cl)nc2n1-c1ccc(F)cc1.C=C(CC(C)(C)C)Nc1nc2ccc(Cl)nc2n1CCC.CC(C)(C)CC(=O)Nc1nc2ccc(C3CC3)nc2n1CC(F)(F)F.CC(C)(C)OCCC(=O)Nc1nc2ccc(C3CC3)nc2n1CC(F)(F)F.CC1(C)CCC[C@H](CC(=O)Nc2nc3ccc(Cl)nc3n2-c2ccc(F)cc2)O1. The van der Waals surface area contributed by atoms with Crippen LogP contribution < -0.4 is 26.6 Å². The highest BCUT2D eigenvalue weighted by atomic mass is 35.5. The van der Waals surface area contributed by atoms with E-state index < -0.39 is 37.0 Å². The minimum absolute atomic E-state index is 0.0211. The smallest absolute Gasteiger partial charge is 0.375 e. The van der Waals surface area contributed by atoms with Crippen molar-refractivity contribution in [3.8, 4) is 11.4 Å². The van der Waals surface area contributed by atoms with Crippen molar-refractivity contribution in [2.24, 2.45) is 16.2 Å². The van der Waals surface area contributed by atoms with E-state index in [1.54, 1.807) is 77.4 Å². The number of pyridine rings is 5. The fourth-order valence-electron chi connectivity index (χ4n) is 14.1. The van der Waals surface area contributed by atoms with Crippen LogP contribution in [0.25, 0.3) is 67.2 Å². The van der Waals surface area contributed by atoms with Crippen LogP contribution in [0.2, 0.25) is 15.5 Å². The molecule has 36 heteroatoms. The first-order chi connectivity index (χ1) is 59.4. The molecule has 1 aliphatic heterocycles. The summed E-state index contributed by atoms with van der Waals surface area (Å²) in [5, 5.41) is 15.6. The first-order valence-electron chi connectivity index (χ1n) is 42.0. The maximum atomic E-state index is 13.4. The number of nitrogens with zero attached hydrogens (tertiary/aromatic N) is 15. The van der Waals surface area contributed by atoms with E-state index in [4.69, 9.17) is 44.3 Å². The first kappa shape index (κ1) is 96.9. The second-order valence-corrected chi connectivity index (χ2v) is 38.3. The van der Waals surface area contributed by atoms with Crippen LogP contribution in [0.15, 0.2) is 134 Å². The van der Waals surface area contributed by atoms with E-state index in [9.17, 15) is 49.5 Å². The molecule has 3 fully saturated rings. The van der Waals surface area contributed by atoms with Gasteiger partial charge in [-0.05, 0) is 224 Å². The molecular weight excluding hydrogens is 1710 g/mol. The van der Waals surface area contributed by atoms with Crippen LogP contribution in [0.4, 0.5) is 64.9 Å². The number of alkyl halides is 6. The van der Waals surface area contributed by atoms with Gasteiger partial charge in [0, 0.05) is 47.6 Å². The molecule has 2 saturated carbocycles. The van der Waals surface area contributed by atoms with E-state index in [2.05, 4.69) is 143 Å². The molecule has 0 spiro atoms. The lowest BCUT2D eigenvalue weighted by atomic mass is 9.91. The van der Waals surface area contributed by atoms with Crippen LogP contribution in [0.1, 0.15) is 211 Å². The van der Waals surface area contributed by atoms with Gasteiger partial charge in [0.2, 0.25) is 47.5 Å². The number of imidazole rings is 5. The molecule has 15 rings (SSSR count). The minimum Gasteiger partial charge on any atom is -0.375 e. The van der Waals surface area contributed by atoms with Gasteiger partial charge >= 0.3 is 12.4 Å². The minimum atomic E-state index is -4.46. The molecule has 3 amide bonds. The van der Waals surface area contributed by atoms with Crippen molar-refractivity contribution in [3.63, 3.8) is 0 Å². The molecule has 2 aliphatic carbocycles. The molecule has 5 N–H and O–H groups in total. The molecule has 11 heterocycles. The Morgan fingerprint density at radius 2 is 0.819 bits per heavy atom. The third-order valence-electron chi connectivity index (χ3n) is 19.6. The Kier molecular flexibility index (Phi) is 30.4. The Morgan fingerprint density at radius 3 is 1.21 bits per heavy atom. The fourth-order valence-corrected chi connectivity index (χ4v) is 14.6. The summed E-state index contributed by atoms with van der Waals surface area (Å²) in [6.07, 6.45) is 0.935. The number of allylic oxidation sites excluding steroid dienone is 2. The normalized spacial score (nSPS) is 14.9. The highest BCUT2D eigenvalue weighted by Gasteiger charge is 2.36. The van der Waals surface area contributed by atoms with Crippen molar-refractivity contribution >= 4 is 138 Å². The number of anilines is 5. The van der Waals surface area contributed by atoms with Crippen molar-refractivity contribution in [2.75, 3.05) is 33.2 Å². The third kappa shape index (κ3) is 28.6. The largest absolute Gasteiger partial charge is 0.406 e. The molecule has 0 bridgehead atoms. The zero-order valence-corrected chi connectivity index (χ0v) is 76.2. The van der Waals surface area contributed by atoms with Crippen molar-refractivity contribution in [2.45, 2.75) is 248 Å². The van der Waals surface area contributed by atoms with E-state index in [1.807, 2.05) is 72.1 Å². The van der Waals surface area contributed by atoms with E-state index in [0.29, 0.717) is 78.2 Å². The van der Waals surface area contributed by atoms with Gasteiger partial charge in [0.05, 0.1) is 48.1 Å². The molecule has 1 atom stereocenters. The summed E-state index contributed by atoms with van der Waals surface area (Å²) in [5.74, 6) is 0.353. The van der Waals surface area contributed by atoms with Crippen LogP contribution in [0, 0.1) is 27.9 Å². The topological polar surface area (TPSA) is 283 Å². The predicted molar refractivity (Wildman–Crippen MR) is 483 cm³/mol. The maximum Gasteiger partial charge on any atom is 0.406 e. The average Bonchev–Trinajstić information content (AvgIpc) is 1.64. The van der Waals surface area contributed by atoms with Gasteiger partial charge in [-0.15, -0.1) is 0 Å². The number of rotatable bonds is 23. The molecule has 0 radical (unpaired) electrons. The Morgan fingerprint density at radius 1 is 0.457 bits per heavy atom. The molecule has 2 aromatic carbocycles. The number of aromatic nitrogens is 15. The van der Waals surface area contributed by atoms with Crippen molar-refractivity contribution in [1.29, 1.82) is 0 Å². The lowest BCUT2D eigenvalue weighted by Crippen LogP contribution is -2.37. The van der Waals surface area contributed by atoms with Crippen LogP contribution >= 0.6 is 34.8 Å². The number of carbonyl (C=O) groups is 3. The number of nitrogens with one attached hydrogen (secondary N) is 5. The molecule has 3 aliphatic rings. The number of amides is 3. The van der Waals surface area contributed by atoms with Gasteiger partial charge in [0.25, 0.3) is 0 Å². The number of halogens is 11. The molecule has 127 heavy (non-hydrogen) atoms. The van der Waals surface area contributed by atoms with E-state index in [1.165, 1.54) is 24.3 Å². The Balaban J connectivity index is 0.000000155. The van der Waals surface area contributed by atoms with Gasteiger partial charge < -0.3 is 20.1 Å². The highest BCUT2D eigenvalue weighted by molar-refractivity contribution is 6.30. The zero-order valence-electron chi connectivity index (χ0n) is 74.0. The Labute approximate surface area is 747 Å². The van der Waals surface area contributed by atoms with Crippen LogP contribution in [0.3, 0.4) is 0 Å². The summed E-state index contributed by atoms with van der Waals surface area (Å²) < 4.78 is 124. The van der Waals surface area contributed by atoms with Gasteiger partial charge in [0.1, 0.15) is 67.8 Å². The molecule has 680 valence electrons. The third-order valence-corrected chi connectivity index (χ3v) is 20.2. The van der Waals surface area contributed by atoms with E-state index >= 15 is 0 Å². The lowest BCUT2D eigenvalue weighted by molar-refractivity contribution is -0.140. The quantitative estimate of drug-likeness (QED) is 0.0294. The second-order valence-electron chi connectivity index (χ2n) is 37.1. The lowest BCUT2D eigenvalue weighted by Gasteiger charge is -2.35. The average molecular weight is 1820 g/mol. The predicted octanol–water partition coefficient (Wildman–Crippen LogP) is 23.6. The number of aryl methyl sites for hydroxylation is 1. The van der Waals surface area contributed by atoms with Crippen LogP contribution in [0.5, 0.6) is 0 Å².